The highest BCUT2D eigenvalue weighted by Gasteiger charge is 2.44. The normalized spacial score (nSPS) is 31.0. The minimum Gasteiger partial charge on any atom is -0.384 e. The highest BCUT2D eigenvalue weighted by molar-refractivity contribution is 5.83. The second kappa shape index (κ2) is 7.28. The number of hydrogen-bond donors (Lipinski definition) is 1. The molecule has 0 spiro atoms. The zero-order chi connectivity index (χ0) is 15.4. The third-order valence-corrected chi connectivity index (χ3v) is 5.73. The van der Waals surface area contributed by atoms with Gasteiger partial charge in [-0.15, -0.1) is 0 Å². The lowest BCUT2D eigenvalue weighted by Gasteiger charge is -2.38. The summed E-state index contributed by atoms with van der Waals surface area (Å²) in [6.45, 7) is 7.92. The molecule has 3 aliphatic rings. The number of hydrogen-bond acceptors (Lipinski definition) is 4. The summed E-state index contributed by atoms with van der Waals surface area (Å²) in [5.41, 5.74) is -0.309. The molecule has 3 saturated heterocycles. The van der Waals surface area contributed by atoms with E-state index in [0.29, 0.717) is 12.5 Å². The fraction of sp³-hybridized carbons (Fsp3) is 0.941. The summed E-state index contributed by atoms with van der Waals surface area (Å²) < 4.78 is 5.36. The lowest BCUT2D eigenvalue weighted by Crippen LogP contribution is -2.51. The quantitative estimate of drug-likeness (QED) is 0.821. The minimum atomic E-state index is -0.309. The Kier molecular flexibility index (Phi) is 5.37. The van der Waals surface area contributed by atoms with Gasteiger partial charge in [-0.25, -0.2) is 0 Å². The van der Waals surface area contributed by atoms with Gasteiger partial charge in [-0.05, 0) is 57.7 Å². The Labute approximate surface area is 134 Å². The van der Waals surface area contributed by atoms with Gasteiger partial charge in [0.1, 0.15) is 0 Å². The van der Waals surface area contributed by atoms with Crippen molar-refractivity contribution in [3.05, 3.63) is 0 Å². The Morgan fingerprint density at radius 2 is 1.95 bits per heavy atom. The molecular weight excluding hydrogens is 278 g/mol. The SMILES string of the molecule is COCC1(C(=O)N2CCC(CN3CCCC3)CC2)CCNC1. The van der Waals surface area contributed by atoms with Crippen LogP contribution in [0.4, 0.5) is 0 Å². The molecule has 0 aromatic carbocycles. The maximum absolute atomic E-state index is 13.0. The molecule has 0 saturated carbocycles. The molecule has 1 atom stereocenters. The fourth-order valence-electron chi connectivity index (χ4n) is 4.37. The number of nitrogens with zero attached hydrogens (tertiary/aromatic N) is 2. The van der Waals surface area contributed by atoms with E-state index in [1.807, 2.05) is 0 Å². The highest BCUT2D eigenvalue weighted by Crippen LogP contribution is 2.31. The van der Waals surface area contributed by atoms with Gasteiger partial charge in [0.05, 0.1) is 12.0 Å². The average Bonchev–Trinajstić information content (AvgIpc) is 3.20. The van der Waals surface area contributed by atoms with Crippen molar-refractivity contribution in [3.8, 4) is 0 Å². The van der Waals surface area contributed by atoms with Crippen molar-refractivity contribution in [2.24, 2.45) is 11.3 Å². The molecule has 1 amide bonds. The predicted octanol–water partition coefficient (Wildman–Crippen LogP) is 0.947. The van der Waals surface area contributed by atoms with Crippen LogP contribution in [0.25, 0.3) is 0 Å². The van der Waals surface area contributed by atoms with Gasteiger partial charge in [0.15, 0.2) is 0 Å². The molecule has 3 heterocycles. The first-order valence-corrected chi connectivity index (χ1v) is 8.95. The van der Waals surface area contributed by atoms with Crippen molar-refractivity contribution in [1.82, 2.24) is 15.1 Å². The number of methoxy groups -OCH3 is 1. The number of ether oxygens (including phenoxy) is 1. The van der Waals surface area contributed by atoms with Crippen molar-refractivity contribution < 1.29 is 9.53 Å². The van der Waals surface area contributed by atoms with Crippen molar-refractivity contribution in [1.29, 1.82) is 0 Å². The van der Waals surface area contributed by atoms with Crippen LogP contribution in [0.15, 0.2) is 0 Å². The van der Waals surface area contributed by atoms with Gasteiger partial charge in [-0.2, -0.15) is 0 Å². The number of carbonyl (C=O) groups is 1. The van der Waals surface area contributed by atoms with Crippen LogP contribution in [-0.4, -0.2) is 75.2 Å². The van der Waals surface area contributed by atoms with Gasteiger partial charge >= 0.3 is 0 Å². The molecule has 126 valence electrons. The van der Waals surface area contributed by atoms with E-state index in [4.69, 9.17) is 4.74 Å². The lowest BCUT2D eigenvalue weighted by molar-refractivity contribution is -0.145. The molecule has 3 fully saturated rings. The van der Waals surface area contributed by atoms with Crippen molar-refractivity contribution >= 4 is 5.91 Å². The first-order valence-electron chi connectivity index (χ1n) is 8.95. The van der Waals surface area contributed by atoms with E-state index in [1.54, 1.807) is 7.11 Å². The second-order valence-corrected chi connectivity index (χ2v) is 7.38. The number of nitrogens with one attached hydrogen (secondary N) is 1. The predicted molar refractivity (Wildman–Crippen MR) is 86.8 cm³/mol. The number of amides is 1. The summed E-state index contributed by atoms with van der Waals surface area (Å²) in [6.07, 6.45) is 5.97. The van der Waals surface area contributed by atoms with E-state index >= 15 is 0 Å². The standard InChI is InChI=1S/C17H31N3O2/c1-22-14-17(6-7-18-13-17)16(21)20-10-4-15(5-11-20)12-19-8-2-3-9-19/h15,18H,2-14H2,1H3. The van der Waals surface area contributed by atoms with E-state index in [9.17, 15) is 4.79 Å². The molecular formula is C17H31N3O2. The van der Waals surface area contributed by atoms with Gasteiger partial charge in [0.25, 0.3) is 0 Å². The summed E-state index contributed by atoms with van der Waals surface area (Å²) in [4.78, 5) is 17.7. The summed E-state index contributed by atoms with van der Waals surface area (Å²) in [6, 6.07) is 0. The topological polar surface area (TPSA) is 44.8 Å². The van der Waals surface area contributed by atoms with Crippen LogP contribution in [0, 0.1) is 11.3 Å². The minimum absolute atomic E-state index is 0.309. The van der Waals surface area contributed by atoms with Gasteiger partial charge in [0, 0.05) is 33.3 Å². The third-order valence-electron chi connectivity index (χ3n) is 5.73. The maximum atomic E-state index is 13.0. The summed E-state index contributed by atoms with van der Waals surface area (Å²) in [5.74, 6) is 1.10. The van der Waals surface area contributed by atoms with Gasteiger partial charge in [-0.3, -0.25) is 4.79 Å². The summed E-state index contributed by atoms with van der Waals surface area (Å²) >= 11 is 0. The molecule has 5 heteroatoms. The van der Waals surface area contributed by atoms with Crippen LogP contribution < -0.4 is 5.32 Å². The van der Waals surface area contributed by atoms with Gasteiger partial charge < -0.3 is 19.9 Å². The van der Waals surface area contributed by atoms with Gasteiger partial charge in [-0.1, -0.05) is 0 Å². The van der Waals surface area contributed by atoms with E-state index < -0.39 is 0 Å². The first-order chi connectivity index (χ1) is 10.7. The Bertz CT molecular complexity index is 368. The van der Waals surface area contributed by atoms with E-state index in [-0.39, 0.29) is 5.41 Å². The molecule has 3 aliphatic heterocycles. The Morgan fingerprint density at radius 3 is 2.55 bits per heavy atom. The molecule has 0 bridgehead atoms. The second-order valence-electron chi connectivity index (χ2n) is 7.38. The maximum Gasteiger partial charge on any atom is 0.232 e. The van der Waals surface area contributed by atoms with Crippen LogP contribution in [0.3, 0.4) is 0 Å². The van der Waals surface area contributed by atoms with Crippen LogP contribution in [0.2, 0.25) is 0 Å². The van der Waals surface area contributed by atoms with Crippen molar-refractivity contribution in [2.75, 3.05) is 59.5 Å². The number of carbonyl (C=O) groups excluding carboxylic acids is 1. The Balaban J connectivity index is 1.50. The zero-order valence-corrected chi connectivity index (χ0v) is 14.0. The van der Waals surface area contributed by atoms with E-state index in [0.717, 1.165) is 38.5 Å². The molecule has 3 rings (SSSR count). The number of rotatable bonds is 5. The summed E-state index contributed by atoms with van der Waals surface area (Å²) in [5, 5.41) is 3.34. The van der Waals surface area contributed by atoms with Gasteiger partial charge in [0.2, 0.25) is 5.91 Å². The lowest BCUT2D eigenvalue weighted by atomic mass is 9.85. The van der Waals surface area contributed by atoms with Crippen LogP contribution in [0.1, 0.15) is 32.1 Å². The van der Waals surface area contributed by atoms with E-state index in [2.05, 4.69) is 15.1 Å². The monoisotopic (exact) mass is 309 g/mol. The molecule has 5 nitrogen and oxygen atoms in total. The van der Waals surface area contributed by atoms with Crippen LogP contribution in [-0.2, 0) is 9.53 Å². The third kappa shape index (κ3) is 3.47. The largest absolute Gasteiger partial charge is 0.384 e. The molecule has 0 aliphatic carbocycles. The summed E-state index contributed by atoms with van der Waals surface area (Å²) in [7, 11) is 1.70. The molecule has 22 heavy (non-hydrogen) atoms. The Hall–Kier alpha value is -0.650. The molecule has 1 N–H and O–H groups in total. The van der Waals surface area contributed by atoms with Crippen LogP contribution >= 0.6 is 0 Å². The number of likely N-dealkylation sites (tertiary alicyclic amines) is 2. The first kappa shape index (κ1) is 16.2. The molecule has 0 aromatic rings. The average molecular weight is 309 g/mol. The zero-order valence-electron chi connectivity index (χ0n) is 14.0. The Morgan fingerprint density at radius 1 is 1.23 bits per heavy atom. The highest BCUT2D eigenvalue weighted by atomic mass is 16.5. The van der Waals surface area contributed by atoms with Crippen molar-refractivity contribution in [2.45, 2.75) is 32.1 Å². The van der Waals surface area contributed by atoms with Crippen LogP contribution in [0.5, 0.6) is 0 Å². The fourth-order valence-corrected chi connectivity index (χ4v) is 4.37. The molecule has 0 aromatic heterocycles. The molecule has 1 unspecified atom stereocenters. The smallest absolute Gasteiger partial charge is 0.232 e. The number of piperidine rings is 1. The molecule has 0 radical (unpaired) electrons. The van der Waals surface area contributed by atoms with E-state index in [1.165, 1.54) is 45.3 Å². The van der Waals surface area contributed by atoms with Crippen molar-refractivity contribution in [3.63, 3.8) is 0 Å².